The monoisotopic (exact) mass is 358 g/mol. The van der Waals surface area contributed by atoms with Crippen molar-refractivity contribution in [2.24, 2.45) is 5.92 Å². The van der Waals surface area contributed by atoms with E-state index < -0.39 is 0 Å². The number of hydrogen-bond acceptors (Lipinski definition) is 4. The second-order valence-corrected chi connectivity index (χ2v) is 7.92. The third kappa shape index (κ3) is 2.96. The SMILES string of the molecule is CCC1CC(=O)N(C2CCC3c4cc(OC)c(OC)cc4CCN3C2)C1. The molecule has 0 radical (unpaired) electrons. The fraction of sp³-hybridized carbons (Fsp3) is 0.667. The normalized spacial score (nSPS) is 28.7. The Morgan fingerprint density at radius 2 is 1.88 bits per heavy atom. The Morgan fingerprint density at radius 3 is 2.58 bits per heavy atom. The average Bonchev–Trinajstić information content (AvgIpc) is 3.07. The molecule has 0 bridgehead atoms. The van der Waals surface area contributed by atoms with Gasteiger partial charge >= 0.3 is 0 Å². The van der Waals surface area contributed by atoms with Crippen LogP contribution in [0.2, 0.25) is 0 Å². The first kappa shape index (κ1) is 17.7. The number of hydrogen-bond donors (Lipinski definition) is 0. The van der Waals surface area contributed by atoms with Crippen LogP contribution < -0.4 is 9.47 Å². The van der Waals surface area contributed by atoms with Gasteiger partial charge in [0.25, 0.3) is 0 Å². The summed E-state index contributed by atoms with van der Waals surface area (Å²) >= 11 is 0. The maximum Gasteiger partial charge on any atom is 0.223 e. The zero-order valence-corrected chi connectivity index (χ0v) is 16.2. The molecule has 1 amide bonds. The summed E-state index contributed by atoms with van der Waals surface area (Å²) < 4.78 is 11.0. The van der Waals surface area contributed by atoms with Gasteiger partial charge < -0.3 is 14.4 Å². The summed E-state index contributed by atoms with van der Waals surface area (Å²) in [5.41, 5.74) is 2.76. The maximum atomic E-state index is 12.4. The first-order valence-electron chi connectivity index (χ1n) is 9.92. The summed E-state index contributed by atoms with van der Waals surface area (Å²) in [5, 5.41) is 0. The molecule has 1 aromatic carbocycles. The highest BCUT2D eigenvalue weighted by atomic mass is 16.5. The van der Waals surface area contributed by atoms with E-state index in [1.807, 2.05) is 0 Å². The van der Waals surface area contributed by atoms with Gasteiger partial charge in [-0.25, -0.2) is 0 Å². The van der Waals surface area contributed by atoms with Crippen molar-refractivity contribution < 1.29 is 14.3 Å². The second-order valence-electron chi connectivity index (χ2n) is 7.92. The molecule has 2 saturated heterocycles. The van der Waals surface area contributed by atoms with Crippen LogP contribution in [0.3, 0.4) is 0 Å². The average molecular weight is 358 g/mol. The van der Waals surface area contributed by atoms with Gasteiger partial charge in [0.15, 0.2) is 11.5 Å². The molecule has 0 aliphatic carbocycles. The molecule has 5 nitrogen and oxygen atoms in total. The number of carbonyl (C=O) groups is 1. The maximum absolute atomic E-state index is 12.4. The minimum Gasteiger partial charge on any atom is -0.493 e. The Kier molecular flexibility index (Phi) is 4.82. The van der Waals surface area contributed by atoms with E-state index in [9.17, 15) is 4.79 Å². The van der Waals surface area contributed by atoms with Crippen molar-refractivity contribution in [2.75, 3.05) is 33.9 Å². The smallest absolute Gasteiger partial charge is 0.223 e. The molecule has 3 atom stereocenters. The Hall–Kier alpha value is -1.75. The van der Waals surface area contributed by atoms with Gasteiger partial charge in [-0.3, -0.25) is 9.69 Å². The van der Waals surface area contributed by atoms with Crippen LogP contribution in [0.1, 0.15) is 49.8 Å². The lowest BCUT2D eigenvalue weighted by atomic mass is 9.85. The van der Waals surface area contributed by atoms with E-state index >= 15 is 0 Å². The fourth-order valence-corrected chi connectivity index (χ4v) is 5.04. The minimum absolute atomic E-state index is 0.365. The summed E-state index contributed by atoms with van der Waals surface area (Å²) in [7, 11) is 3.39. The number of rotatable bonds is 4. The molecule has 3 aliphatic rings. The van der Waals surface area contributed by atoms with Crippen molar-refractivity contribution in [3.8, 4) is 11.5 Å². The topological polar surface area (TPSA) is 42.0 Å². The summed E-state index contributed by atoms with van der Waals surface area (Å²) in [6, 6.07) is 5.14. The van der Waals surface area contributed by atoms with E-state index in [1.54, 1.807) is 14.2 Å². The van der Waals surface area contributed by atoms with Crippen molar-refractivity contribution in [2.45, 2.75) is 51.1 Å². The van der Waals surface area contributed by atoms with Crippen molar-refractivity contribution in [3.05, 3.63) is 23.3 Å². The molecule has 0 saturated carbocycles. The zero-order chi connectivity index (χ0) is 18.3. The predicted octanol–water partition coefficient (Wildman–Crippen LogP) is 3.02. The van der Waals surface area contributed by atoms with E-state index in [0.29, 0.717) is 23.9 Å². The van der Waals surface area contributed by atoms with Gasteiger partial charge in [0.2, 0.25) is 5.91 Å². The second kappa shape index (κ2) is 7.10. The summed E-state index contributed by atoms with van der Waals surface area (Å²) in [5.74, 6) is 2.56. The molecule has 26 heavy (non-hydrogen) atoms. The molecule has 3 unspecified atom stereocenters. The van der Waals surface area contributed by atoms with Crippen LogP contribution in [-0.2, 0) is 11.2 Å². The number of benzene rings is 1. The lowest BCUT2D eigenvalue weighted by Crippen LogP contribution is -2.51. The number of carbonyl (C=O) groups excluding carboxylic acids is 1. The molecule has 5 heteroatoms. The Labute approximate surface area is 156 Å². The molecule has 0 spiro atoms. The van der Waals surface area contributed by atoms with Crippen molar-refractivity contribution in [1.82, 2.24) is 9.80 Å². The van der Waals surface area contributed by atoms with Gasteiger partial charge in [-0.05, 0) is 48.4 Å². The number of likely N-dealkylation sites (tertiary alicyclic amines) is 1. The lowest BCUT2D eigenvalue weighted by molar-refractivity contribution is -0.131. The van der Waals surface area contributed by atoms with E-state index in [1.165, 1.54) is 11.1 Å². The van der Waals surface area contributed by atoms with Gasteiger partial charge in [0, 0.05) is 38.1 Å². The molecular weight excluding hydrogens is 328 g/mol. The number of methoxy groups -OCH3 is 2. The lowest BCUT2D eigenvalue weighted by Gasteiger charge is -2.46. The molecular formula is C21H30N2O3. The standard InChI is InChI=1S/C21H30N2O3/c1-4-14-9-21(24)23(12-14)16-5-6-18-17-11-20(26-3)19(25-2)10-15(17)7-8-22(18)13-16/h10-11,14,16,18H,4-9,12-13H2,1-3H3. The van der Waals surface area contributed by atoms with Crippen LogP contribution in [0.5, 0.6) is 11.5 Å². The third-order valence-electron chi connectivity index (χ3n) is 6.59. The van der Waals surface area contributed by atoms with Crippen LogP contribution >= 0.6 is 0 Å². The number of piperidine rings is 1. The third-order valence-corrected chi connectivity index (χ3v) is 6.59. The molecule has 4 rings (SSSR count). The first-order chi connectivity index (χ1) is 12.6. The highest BCUT2D eigenvalue weighted by molar-refractivity contribution is 5.79. The highest BCUT2D eigenvalue weighted by Gasteiger charge is 2.40. The van der Waals surface area contributed by atoms with E-state index in [0.717, 1.165) is 63.2 Å². The molecule has 2 fully saturated rings. The highest BCUT2D eigenvalue weighted by Crippen LogP contribution is 2.42. The van der Waals surface area contributed by atoms with Gasteiger partial charge in [-0.1, -0.05) is 13.3 Å². The number of ether oxygens (including phenoxy) is 2. The molecule has 0 aromatic heterocycles. The summed E-state index contributed by atoms with van der Waals surface area (Å²) in [6.07, 6.45) is 5.09. The van der Waals surface area contributed by atoms with E-state index in [2.05, 4.69) is 28.9 Å². The summed E-state index contributed by atoms with van der Waals surface area (Å²) in [4.78, 5) is 17.2. The molecule has 0 N–H and O–H groups in total. The van der Waals surface area contributed by atoms with Crippen LogP contribution in [0.25, 0.3) is 0 Å². The van der Waals surface area contributed by atoms with Crippen molar-refractivity contribution >= 4 is 5.91 Å². The number of fused-ring (bicyclic) bond motifs is 3. The Balaban J connectivity index is 1.52. The van der Waals surface area contributed by atoms with Gasteiger partial charge in [-0.2, -0.15) is 0 Å². The van der Waals surface area contributed by atoms with Crippen LogP contribution in [0, 0.1) is 5.92 Å². The van der Waals surface area contributed by atoms with Crippen LogP contribution in [0.4, 0.5) is 0 Å². The predicted molar refractivity (Wildman–Crippen MR) is 101 cm³/mol. The van der Waals surface area contributed by atoms with Gasteiger partial charge in [0.05, 0.1) is 14.2 Å². The van der Waals surface area contributed by atoms with Crippen LogP contribution in [-0.4, -0.2) is 55.6 Å². The Morgan fingerprint density at radius 1 is 1.12 bits per heavy atom. The molecule has 1 aromatic rings. The Bertz CT molecular complexity index is 690. The first-order valence-corrected chi connectivity index (χ1v) is 9.92. The van der Waals surface area contributed by atoms with Crippen LogP contribution in [0.15, 0.2) is 12.1 Å². The minimum atomic E-state index is 0.365. The zero-order valence-electron chi connectivity index (χ0n) is 16.2. The fourth-order valence-electron chi connectivity index (χ4n) is 5.04. The van der Waals surface area contributed by atoms with Gasteiger partial charge in [-0.15, -0.1) is 0 Å². The van der Waals surface area contributed by atoms with Crippen molar-refractivity contribution in [1.29, 1.82) is 0 Å². The van der Waals surface area contributed by atoms with Gasteiger partial charge in [0.1, 0.15) is 0 Å². The number of nitrogens with zero attached hydrogens (tertiary/aromatic N) is 2. The quantitative estimate of drug-likeness (QED) is 0.830. The van der Waals surface area contributed by atoms with E-state index in [-0.39, 0.29) is 0 Å². The summed E-state index contributed by atoms with van der Waals surface area (Å²) in [6.45, 7) is 5.21. The molecule has 3 heterocycles. The largest absolute Gasteiger partial charge is 0.493 e. The molecule has 142 valence electrons. The number of amides is 1. The molecule has 3 aliphatic heterocycles. The van der Waals surface area contributed by atoms with Crippen molar-refractivity contribution in [3.63, 3.8) is 0 Å². The van der Waals surface area contributed by atoms with E-state index in [4.69, 9.17) is 9.47 Å².